The van der Waals surface area contributed by atoms with E-state index in [2.05, 4.69) is 37.3 Å². The van der Waals surface area contributed by atoms with E-state index < -0.39 is 10.8 Å². The average molecular weight is 564 g/mol. The van der Waals surface area contributed by atoms with Gasteiger partial charge in [-0.15, -0.1) is 24.0 Å². The van der Waals surface area contributed by atoms with Gasteiger partial charge in [0.05, 0.1) is 6.54 Å². The van der Waals surface area contributed by atoms with Crippen LogP contribution in [0.2, 0.25) is 0 Å². The van der Waals surface area contributed by atoms with E-state index in [0.29, 0.717) is 11.3 Å². The molecule has 1 saturated carbocycles. The Morgan fingerprint density at radius 3 is 2.61 bits per heavy atom. The Hall–Kier alpha value is -1.01. The third-order valence-corrected chi connectivity index (χ3v) is 7.60. The SMILES string of the molecule is CCNC(=NCCN1CCN(c2ncccn2)CC1)NC1CCCC(S(=O)CC)C1.I. The molecule has 10 heteroatoms. The maximum atomic E-state index is 12.2. The Balaban J connectivity index is 0.00000341. The number of hydrogen-bond acceptors (Lipinski definition) is 6. The Morgan fingerprint density at radius 1 is 1.19 bits per heavy atom. The quantitative estimate of drug-likeness (QED) is 0.284. The fourth-order valence-electron chi connectivity index (χ4n) is 4.19. The summed E-state index contributed by atoms with van der Waals surface area (Å²) < 4.78 is 12.2. The molecule has 1 aromatic heterocycles. The molecule has 0 radical (unpaired) electrons. The molecule has 0 aromatic carbocycles. The Labute approximate surface area is 206 Å². The van der Waals surface area contributed by atoms with E-state index in [1.165, 1.54) is 0 Å². The van der Waals surface area contributed by atoms with E-state index in [-0.39, 0.29) is 24.0 Å². The van der Waals surface area contributed by atoms with Gasteiger partial charge in [-0.05, 0) is 32.3 Å². The molecule has 2 heterocycles. The minimum atomic E-state index is -0.698. The van der Waals surface area contributed by atoms with Crippen molar-refractivity contribution in [2.24, 2.45) is 4.99 Å². The van der Waals surface area contributed by atoms with Crippen LogP contribution in [0.3, 0.4) is 0 Å². The molecular weight excluding hydrogens is 525 g/mol. The molecule has 0 amide bonds. The van der Waals surface area contributed by atoms with Gasteiger partial charge in [0.25, 0.3) is 0 Å². The van der Waals surface area contributed by atoms with E-state index in [1.807, 2.05) is 13.0 Å². The first kappa shape index (κ1) is 26.2. The Bertz CT molecular complexity index is 686. The number of piperazine rings is 1. The molecule has 8 nitrogen and oxygen atoms in total. The normalized spacial score (nSPS) is 23.7. The highest BCUT2D eigenvalue weighted by Gasteiger charge is 2.26. The maximum Gasteiger partial charge on any atom is 0.225 e. The predicted octanol–water partition coefficient (Wildman–Crippen LogP) is 1.85. The molecule has 3 atom stereocenters. The summed E-state index contributed by atoms with van der Waals surface area (Å²) >= 11 is 0. The van der Waals surface area contributed by atoms with Crippen molar-refractivity contribution in [2.75, 3.05) is 56.5 Å². The van der Waals surface area contributed by atoms with Gasteiger partial charge in [-0.1, -0.05) is 13.3 Å². The summed E-state index contributed by atoms with van der Waals surface area (Å²) in [4.78, 5) is 18.2. The van der Waals surface area contributed by atoms with Crippen molar-refractivity contribution in [1.29, 1.82) is 0 Å². The van der Waals surface area contributed by atoms with Crippen LogP contribution in [0.1, 0.15) is 39.5 Å². The van der Waals surface area contributed by atoms with E-state index in [9.17, 15) is 4.21 Å². The lowest BCUT2D eigenvalue weighted by Gasteiger charge is -2.34. The van der Waals surface area contributed by atoms with Crippen LogP contribution in [-0.4, -0.2) is 87.9 Å². The summed E-state index contributed by atoms with van der Waals surface area (Å²) in [6.45, 7) is 10.6. The van der Waals surface area contributed by atoms with Crippen LogP contribution < -0.4 is 15.5 Å². The van der Waals surface area contributed by atoms with Gasteiger partial charge >= 0.3 is 0 Å². The van der Waals surface area contributed by atoms with Crippen molar-refractivity contribution >= 4 is 46.7 Å². The van der Waals surface area contributed by atoms with Crippen LogP contribution in [0.5, 0.6) is 0 Å². The van der Waals surface area contributed by atoms with E-state index >= 15 is 0 Å². The third kappa shape index (κ3) is 8.45. The highest BCUT2D eigenvalue weighted by molar-refractivity contribution is 14.0. The van der Waals surface area contributed by atoms with Crippen LogP contribution in [0.15, 0.2) is 23.5 Å². The minimum Gasteiger partial charge on any atom is -0.357 e. The molecule has 3 rings (SSSR count). The number of nitrogens with one attached hydrogen (secondary N) is 2. The topological polar surface area (TPSA) is 85.8 Å². The van der Waals surface area contributed by atoms with Gasteiger partial charge in [0.1, 0.15) is 0 Å². The monoisotopic (exact) mass is 563 g/mol. The summed E-state index contributed by atoms with van der Waals surface area (Å²) in [6.07, 6.45) is 7.94. The van der Waals surface area contributed by atoms with Crippen LogP contribution in [-0.2, 0) is 10.8 Å². The highest BCUT2D eigenvalue weighted by Crippen LogP contribution is 2.23. The number of guanidine groups is 1. The number of aromatic nitrogens is 2. The summed E-state index contributed by atoms with van der Waals surface area (Å²) in [5, 5.41) is 7.30. The van der Waals surface area contributed by atoms with Gasteiger partial charge in [-0.3, -0.25) is 14.1 Å². The maximum absolute atomic E-state index is 12.2. The minimum absolute atomic E-state index is 0. The first-order valence-electron chi connectivity index (χ1n) is 11.4. The molecule has 2 aliphatic rings. The lowest BCUT2D eigenvalue weighted by atomic mass is 9.95. The zero-order valence-electron chi connectivity index (χ0n) is 18.8. The molecule has 2 N–H and O–H groups in total. The average Bonchev–Trinajstić information content (AvgIpc) is 2.80. The van der Waals surface area contributed by atoms with Gasteiger partial charge in [0.15, 0.2) is 5.96 Å². The number of nitrogens with zero attached hydrogens (tertiary/aromatic N) is 5. The Kier molecular flexibility index (Phi) is 12.0. The fourth-order valence-corrected chi connectivity index (χ4v) is 5.54. The van der Waals surface area contributed by atoms with E-state index in [0.717, 1.165) is 89.2 Å². The van der Waals surface area contributed by atoms with Crippen LogP contribution >= 0.6 is 24.0 Å². The second-order valence-corrected chi connectivity index (χ2v) is 9.94. The van der Waals surface area contributed by atoms with Crippen LogP contribution in [0.25, 0.3) is 0 Å². The van der Waals surface area contributed by atoms with Crippen molar-refractivity contribution in [3.8, 4) is 0 Å². The molecule has 1 aliphatic carbocycles. The van der Waals surface area contributed by atoms with Gasteiger partial charge in [0, 0.05) is 79.5 Å². The molecule has 2 fully saturated rings. The van der Waals surface area contributed by atoms with Crippen LogP contribution in [0.4, 0.5) is 5.95 Å². The van der Waals surface area contributed by atoms with Crippen molar-refractivity contribution in [3.05, 3.63) is 18.5 Å². The lowest BCUT2D eigenvalue weighted by molar-refractivity contribution is 0.263. The third-order valence-electron chi connectivity index (χ3n) is 5.86. The molecule has 1 aliphatic heterocycles. The van der Waals surface area contributed by atoms with Gasteiger partial charge < -0.3 is 15.5 Å². The molecule has 0 bridgehead atoms. The largest absolute Gasteiger partial charge is 0.357 e. The van der Waals surface area contributed by atoms with Gasteiger partial charge in [-0.25, -0.2) is 9.97 Å². The van der Waals surface area contributed by atoms with Crippen molar-refractivity contribution in [1.82, 2.24) is 25.5 Å². The molecule has 31 heavy (non-hydrogen) atoms. The lowest BCUT2D eigenvalue weighted by Crippen LogP contribution is -2.48. The van der Waals surface area contributed by atoms with E-state index in [4.69, 9.17) is 4.99 Å². The molecule has 1 saturated heterocycles. The molecular formula is C21H38IN7OS. The Morgan fingerprint density at radius 2 is 1.94 bits per heavy atom. The smallest absolute Gasteiger partial charge is 0.225 e. The number of aliphatic imine (C=N–C) groups is 1. The van der Waals surface area contributed by atoms with Crippen molar-refractivity contribution in [3.63, 3.8) is 0 Å². The number of halogens is 1. The molecule has 3 unspecified atom stereocenters. The summed E-state index contributed by atoms with van der Waals surface area (Å²) in [6, 6.07) is 2.22. The number of rotatable bonds is 8. The number of hydrogen-bond donors (Lipinski definition) is 2. The molecule has 1 aromatic rings. The summed E-state index contributed by atoms with van der Waals surface area (Å²) in [5.41, 5.74) is 0. The first-order valence-corrected chi connectivity index (χ1v) is 12.7. The fraction of sp³-hybridized carbons (Fsp3) is 0.762. The van der Waals surface area contributed by atoms with Crippen molar-refractivity contribution < 1.29 is 4.21 Å². The predicted molar refractivity (Wildman–Crippen MR) is 140 cm³/mol. The zero-order valence-corrected chi connectivity index (χ0v) is 22.0. The van der Waals surface area contributed by atoms with Gasteiger partial charge in [0.2, 0.25) is 5.95 Å². The summed E-state index contributed by atoms with van der Waals surface area (Å²) in [5.74, 6) is 2.47. The van der Waals surface area contributed by atoms with Crippen molar-refractivity contribution in [2.45, 2.75) is 50.8 Å². The first-order chi connectivity index (χ1) is 14.7. The molecule has 176 valence electrons. The van der Waals surface area contributed by atoms with Gasteiger partial charge in [-0.2, -0.15) is 0 Å². The summed E-state index contributed by atoms with van der Waals surface area (Å²) in [7, 11) is -0.698. The highest BCUT2D eigenvalue weighted by atomic mass is 127. The van der Waals surface area contributed by atoms with E-state index in [1.54, 1.807) is 12.4 Å². The second kappa shape index (κ2) is 14.2. The van der Waals surface area contributed by atoms with Crippen LogP contribution in [0, 0.1) is 0 Å². The molecule has 0 spiro atoms. The number of anilines is 1. The second-order valence-electron chi connectivity index (χ2n) is 7.94. The standard InChI is InChI=1S/C21H37N7OS.HI/c1-3-22-20(26-18-7-5-8-19(17-18)30(29)4-2)23-11-12-27-13-15-28(16-14-27)21-24-9-6-10-25-21;/h6,9-10,18-19H,3-5,7-8,11-17H2,1-2H3,(H2,22,23,26);1H. The zero-order chi connectivity index (χ0) is 21.2.